The molecule has 0 heterocycles. The Labute approximate surface area is 125 Å². The average molecular weight is 322 g/mol. The van der Waals surface area contributed by atoms with Gasteiger partial charge in [-0.2, -0.15) is 13.2 Å². The van der Waals surface area contributed by atoms with Gasteiger partial charge in [-0.15, -0.1) is 0 Å². The first-order valence-corrected chi connectivity index (χ1v) is 6.67. The lowest BCUT2D eigenvalue weighted by Crippen LogP contribution is -2.40. The molecule has 2 N–H and O–H groups in total. The van der Waals surface area contributed by atoms with Gasteiger partial charge in [0.1, 0.15) is 5.82 Å². The second-order valence-electron chi connectivity index (χ2n) is 4.92. The van der Waals surface area contributed by atoms with E-state index in [9.17, 15) is 22.4 Å². The van der Waals surface area contributed by atoms with Crippen molar-refractivity contribution >= 4 is 11.6 Å². The molecular formula is C14H18F4N2O2. The summed E-state index contributed by atoms with van der Waals surface area (Å²) in [5, 5.41) is 11.0. The molecule has 0 aliphatic rings. The van der Waals surface area contributed by atoms with E-state index in [-0.39, 0.29) is 25.3 Å². The van der Waals surface area contributed by atoms with Gasteiger partial charge in [0, 0.05) is 18.8 Å². The summed E-state index contributed by atoms with van der Waals surface area (Å²) in [5.41, 5.74) is 0.585. The van der Waals surface area contributed by atoms with E-state index in [4.69, 9.17) is 5.11 Å². The van der Waals surface area contributed by atoms with E-state index in [1.807, 2.05) is 0 Å². The number of alkyl halides is 3. The molecule has 0 unspecified atom stereocenters. The molecule has 1 amide bonds. The predicted octanol–water partition coefficient (Wildman–Crippen LogP) is 2.32. The van der Waals surface area contributed by atoms with E-state index >= 15 is 0 Å². The fraction of sp³-hybridized carbons (Fsp3) is 0.500. The van der Waals surface area contributed by atoms with E-state index in [1.54, 1.807) is 6.92 Å². The van der Waals surface area contributed by atoms with Gasteiger partial charge in [0.2, 0.25) is 5.91 Å². The predicted molar refractivity (Wildman–Crippen MR) is 74.0 cm³/mol. The number of carbonyl (C=O) groups excluding carboxylic acids is 1. The number of aliphatic hydroxyl groups is 1. The number of benzene rings is 1. The number of hydrogen-bond donors (Lipinski definition) is 2. The number of nitrogens with one attached hydrogen (secondary N) is 1. The number of nitrogens with zero attached hydrogens (tertiary/aromatic N) is 1. The van der Waals surface area contributed by atoms with Crippen LogP contribution in [0.2, 0.25) is 0 Å². The van der Waals surface area contributed by atoms with Crippen molar-refractivity contribution in [3.05, 3.63) is 29.6 Å². The van der Waals surface area contributed by atoms with Crippen LogP contribution in [0.15, 0.2) is 18.2 Å². The second kappa shape index (κ2) is 8.09. The SMILES string of the molecule is Cc1ccc(NC(=O)CN(CCCO)CC(F)(F)F)cc1F. The number of amides is 1. The Morgan fingerprint density at radius 2 is 2.05 bits per heavy atom. The van der Waals surface area contributed by atoms with Gasteiger partial charge in [0.15, 0.2) is 0 Å². The third-order valence-corrected chi connectivity index (χ3v) is 2.86. The number of carbonyl (C=O) groups is 1. The summed E-state index contributed by atoms with van der Waals surface area (Å²) >= 11 is 0. The van der Waals surface area contributed by atoms with Gasteiger partial charge >= 0.3 is 6.18 Å². The van der Waals surface area contributed by atoms with Crippen molar-refractivity contribution in [3.63, 3.8) is 0 Å². The highest BCUT2D eigenvalue weighted by Gasteiger charge is 2.31. The van der Waals surface area contributed by atoms with Crippen LogP contribution in [0.25, 0.3) is 0 Å². The summed E-state index contributed by atoms with van der Waals surface area (Å²) in [5.74, 6) is -1.18. The summed E-state index contributed by atoms with van der Waals surface area (Å²) in [6, 6.07) is 4.04. The van der Waals surface area contributed by atoms with Crippen LogP contribution in [0.3, 0.4) is 0 Å². The molecule has 0 radical (unpaired) electrons. The Kier molecular flexibility index (Phi) is 6.76. The minimum absolute atomic E-state index is 0.0638. The third-order valence-electron chi connectivity index (χ3n) is 2.86. The average Bonchev–Trinajstić information content (AvgIpc) is 2.38. The van der Waals surface area contributed by atoms with Crippen molar-refractivity contribution in [2.24, 2.45) is 0 Å². The number of halogens is 4. The zero-order chi connectivity index (χ0) is 16.8. The van der Waals surface area contributed by atoms with Gasteiger partial charge in [0.25, 0.3) is 0 Å². The lowest BCUT2D eigenvalue weighted by Gasteiger charge is -2.22. The van der Waals surface area contributed by atoms with Gasteiger partial charge in [-0.1, -0.05) is 6.07 Å². The molecule has 0 aliphatic heterocycles. The Bertz CT molecular complexity index is 506. The van der Waals surface area contributed by atoms with Crippen molar-refractivity contribution in [2.75, 3.05) is 31.6 Å². The molecule has 22 heavy (non-hydrogen) atoms. The van der Waals surface area contributed by atoms with Crippen molar-refractivity contribution in [3.8, 4) is 0 Å². The Morgan fingerprint density at radius 3 is 2.59 bits per heavy atom. The molecule has 8 heteroatoms. The van der Waals surface area contributed by atoms with E-state index in [0.29, 0.717) is 5.56 Å². The number of anilines is 1. The van der Waals surface area contributed by atoms with Crippen molar-refractivity contribution in [1.82, 2.24) is 4.90 Å². The van der Waals surface area contributed by atoms with Crippen LogP contribution >= 0.6 is 0 Å². The van der Waals surface area contributed by atoms with Gasteiger partial charge in [-0.25, -0.2) is 4.39 Å². The van der Waals surface area contributed by atoms with E-state index in [2.05, 4.69) is 5.32 Å². The summed E-state index contributed by atoms with van der Waals surface area (Å²) in [4.78, 5) is 12.6. The topological polar surface area (TPSA) is 52.6 Å². The molecule has 0 aromatic heterocycles. The van der Waals surface area contributed by atoms with Crippen LogP contribution < -0.4 is 5.32 Å². The first kappa shape index (κ1) is 18.4. The Morgan fingerprint density at radius 1 is 1.36 bits per heavy atom. The fourth-order valence-electron chi connectivity index (χ4n) is 1.84. The van der Waals surface area contributed by atoms with Gasteiger partial charge in [-0.3, -0.25) is 9.69 Å². The highest BCUT2D eigenvalue weighted by molar-refractivity contribution is 5.92. The summed E-state index contributed by atoms with van der Waals surface area (Å²) in [7, 11) is 0. The first-order valence-electron chi connectivity index (χ1n) is 6.67. The summed E-state index contributed by atoms with van der Waals surface area (Å²) in [6.07, 6.45) is -4.31. The molecule has 0 saturated carbocycles. The molecule has 0 spiro atoms. The Hall–Kier alpha value is -1.67. The molecule has 1 aromatic carbocycles. The monoisotopic (exact) mass is 322 g/mol. The largest absolute Gasteiger partial charge is 0.401 e. The quantitative estimate of drug-likeness (QED) is 0.758. The van der Waals surface area contributed by atoms with Gasteiger partial charge in [0.05, 0.1) is 13.1 Å². The number of rotatable bonds is 7. The molecule has 1 aromatic rings. The van der Waals surface area contributed by atoms with Crippen LogP contribution in [0.1, 0.15) is 12.0 Å². The third kappa shape index (κ3) is 6.86. The van der Waals surface area contributed by atoms with Crippen molar-refractivity contribution < 1.29 is 27.5 Å². The van der Waals surface area contributed by atoms with Crippen LogP contribution in [0, 0.1) is 12.7 Å². The van der Waals surface area contributed by atoms with Crippen LogP contribution in [0.4, 0.5) is 23.2 Å². The molecular weight excluding hydrogens is 304 g/mol. The van der Waals surface area contributed by atoms with Gasteiger partial charge < -0.3 is 10.4 Å². The van der Waals surface area contributed by atoms with Crippen LogP contribution in [-0.2, 0) is 4.79 Å². The molecule has 0 fully saturated rings. The van der Waals surface area contributed by atoms with Crippen molar-refractivity contribution in [1.29, 1.82) is 0 Å². The lowest BCUT2D eigenvalue weighted by atomic mass is 10.2. The molecule has 0 atom stereocenters. The molecule has 124 valence electrons. The fourth-order valence-corrected chi connectivity index (χ4v) is 1.84. The molecule has 1 rings (SSSR count). The van der Waals surface area contributed by atoms with E-state index in [0.717, 1.165) is 11.0 Å². The smallest absolute Gasteiger partial charge is 0.396 e. The normalized spacial score (nSPS) is 11.8. The highest BCUT2D eigenvalue weighted by Crippen LogP contribution is 2.17. The summed E-state index contributed by atoms with van der Waals surface area (Å²) in [6.45, 7) is -0.511. The molecule has 4 nitrogen and oxygen atoms in total. The molecule has 0 bridgehead atoms. The van der Waals surface area contributed by atoms with E-state index < -0.39 is 31.0 Å². The maximum absolute atomic E-state index is 13.3. The van der Waals surface area contributed by atoms with Crippen molar-refractivity contribution in [2.45, 2.75) is 19.5 Å². The minimum Gasteiger partial charge on any atom is -0.396 e. The number of hydrogen-bond acceptors (Lipinski definition) is 3. The molecule has 0 aliphatic carbocycles. The van der Waals surface area contributed by atoms with E-state index in [1.165, 1.54) is 12.1 Å². The Balaban J connectivity index is 2.63. The zero-order valence-electron chi connectivity index (χ0n) is 12.1. The van der Waals surface area contributed by atoms with Crippen LogP contribution in [0.5, 0.6) is 0 Å². The number of aliphatic hydroxyl groups excluding tert-OH is 1. The summed E-state index contributed by atoms with van der Waals surface area (Å²) < 4.78 is 50.6. The zero-order valence-corrected chi connectivity index (χ0v) is 12.1. The van der Waals surface area contributed by atoms with Crippen LogP contribution in [-0.4, -0.2) is 48.3 Å². The maximum atomic E-state index is 13.3. The maximum Gasteiger partial charge on any atom is 0.401 e. The molecule has 0 saturated heterocycles. The highest BCUT2D eigenvalue weighted by atomic mass is 19.4. The first-order chi connectivity index (χ1) is 10.2. The van der Waals surface area contributed by atoms with Gasteiger partial charge in [-0.05, 0) is 31.0 Å². The standard InChI is InChI=1S/C14H18F4N2O2/c1-10-3-4-11(7-12(10)15)19-13(22)8-20(5-2-6-21)9-14(16,17)18/h3-4,7,21H,2,5-6,8-9H2,1H3,(H,19,22). The lowest BCUT2D eigenvalue weighted by molar-refractivity contribution is -0.148. The second-order valence-corrected chi connectivity index (χ2v) is 4.92. The number of aryl methyl sites for hydroxylation is 1. The minimum atomic E-state index is -4.44.